The van der Waals surface area contributed by atoms with Crippen LogP contribution in [0.5, 0.6) is 5.75 Å². The van der Waals surface area contributed by atoms with E-state index in [-0.39, 0.29) is 11.2 Å². The van der Waals surface area contributed by atoms with Gasteiger partial charge in [0.2, 0.25) is 5.91 Å². The molecule has 1 atom stereocenters. The molecule has 0 bridgehead atoms. The number of carbonyl (C=O) groups excluding carboxylic acids is 1. The maximum Gasteiger partial charge on any atom is 0.233 e. The number of rotatable bonds is 6. The zero-order chi connectivity index (χ0) is 15.9. The summed E-state index contributed by atoms with van der Waals surface area (Å²) >= 11 is 1.56. The standard InChI is InChI=1S/C18H21NO2S/c1-13-8-10-16(11-9-13)22-14(2)18(20)19-12-15-6-4-5-7-17(15)21-3/h4-11,14H,12H2,1-3H3,(H,19,20)/t14-/m0/s1. The number of thioether (sulfide) groups is 1. The number of nitrogens with one attached hydrogen (secondary N) is 1. The molecule has 0 aromatic heterocycles. The van der Waals surface area contributed by atoms with Crippen LogP contribution in [0.3, 0.4) is 0 Å². The highest BCUT2D eigenvalue weighted by atomic mass is 32.2. The van der Waals surface area contributed by atoms with Crippen molar-refractivity contribution in [1.29, 1.82) is 0 Å². The Labute approximate surface area is 136 Å². The highest BCUT2D eigenvalue weighted by Crippen LogP contribution is 2.24. The molecule has 0 radical (unpaired) electrons. The maximum absolute atomic E-state index is 12.2. The number of hydrogen-bond acceptors (Lipinski definition) is 3. The second-order valence-electron chi connectivity index (χ2n) is 5.10. The van der Waals surface area contributed by atoms with Crippen molar-refractivity contribution in [2.75, 3.05) is 7.11 Å². The van der Waals surface area contributed by atoms with Gasteiger partial charge in [-0.05, 0) is 32.0 Å². The van der Waals surface area contributed by atoms with E-state index in [1.807, 2.05) is 43.3 Å². The number of methoxy groups -OCH3 is 1. The molecule has 22 heavy (non-hydrogen) atoms. The smallest absolute Gasteiger partial charge is 0.233 e. The second kappa shape index (κ2) is 7.90. The minimum atomic E-state index is -0.141. The number of carbonyl (C=O) groups is 1. The van der Waals surface area contributed by atoms with Gasteiger partial charge < -0.3 is 10.1 Å². The van der Waals surface area contributed by atoms with E-state index in [1.165, 1.54) is 5.56 Å². The lowest BCUT2D eigenvalue weighted by Crippen LogP contribution is -2.30. The van der Waals surface area contributed by atoms with Gasteiger partial charge in [-0.1, -0.05) is 35.9 Å². The Bertz CT molecular complexity index is 625. The normalized spacial score (nSPS) is 11.8. The van der Waals surface area contributed by atoms with E-state index in [2.05, 4.69) is 24.4 Å². The predicted molar refractivity (Wildman–Crippen MR) is 91.3 cm³/mol. The topological polar surface area (TPSA) is 38.3 Å². The quantitative estimate of drug-likeness (QED) is 0.824. The van der Waals surface area contributed by atoms with Crippen molar-refractivity contribution in [2.24, 2.45) is 0 Å². The van der Waals surface area contributed by atoms with Gasteiger partial charge in [-0.25, -0.2) is 0 Å². The Morgan fingerprint density at radius 3 is 2.55 bits per heavy atom. The maximum atomic E-state index is 12.2. The summed E-state index contributed by atoms with van der Waals surface area (Å²) in [6.07, 6.45) is 0. The summed E-state index contributed by atoms with van der Waals surface area (Å²) < 4.78 is 5.29. The minimum Gasteiger partial charge on any atom is -0.496 e. The average Bonchev–Trinajstić information content (AvgIpc) is 2.54. The van der Waals surface area contributed by atoms with Crippen molar-refractivity contribution in [2.45, 2.75) is 30.5 Å². The Balaban J connectivity index is 1.90. The lowest BCUT2D eigenvalue weighted by atomic mass is 10.2. The molecule has 0 aliphatic heterocycles. The van der Waals surface area contributed by atoms with Crippen LogP contribution in [0.15, 0.2) is 53.4 Å². The van der Waals surface area contributed by atoms with Crippen molar-refractivity contribution in [3.63, 3.8) is 0 Å². The van der Waals surface area contributed by atoms with Crippen LogP contribution >= 0.6 is 11.8 Å². The molecule has 0 aliphatic carbocycles. The van der Waals surface area contributed by atoms with Crippen LogP contribution in [-0.4, -0.2) is 18.3 Å². The zero-order valence-electron chi connectivity index (χ0n) is 13.1. The molecule has 1 N–H and O–H groups in total. The van der Waals surface area contributed by atoms with E-state index in [0.717, 1.165) is 16.2 Å². The minimum absolute atomic E-state index is 0.0245. The molecule has 4 heteroatoms. The number of aryl methyl sites for hydroxylation is 1. The molecule has 2 rings (SSSR count). The average molecular weight is 315 g/mol. The SMILES string of the molecule is COc1ccccc1CNC(=O)[C@H](C)Sc1ccc(C)cc1. The summed E-state index contributed by atoms with van der Waals surface area (Å²) in [6.45, 7) is 4.45. The fraction of sp³-hybridized carbons (Fsp3) is 0.278. The lowest BCUT2D eigenvalue weighted by Gasteiger charge is -2.13. The zero-order valence-corrected chi connectivity index (χ0v) is 13.9. The molecule has 3 nitrogen and oxygen atoms in total. The van der Waals surface area contributed by atoms with E-state index in [4.69, 9.17) is 4.74 Å². The molecular formula is C18H21NO2S. The third-order valence-electron chi connectivity index (χ3n) is 3.35. The first-order chi connectivity index (χ1) is 10.6. The fourth-order valence-electron chi connectivity index (χ4n) is 2.05. The molecule has 0 aliphatic rings. The van der Waals surface area contributed by atoms with Gasteiger partial charge in [0.25, 0.3) is 0 Å². The van der Waals surface area contributed by atoms with Crippen LogP contribution in [-0.2, 0) is 11.3 Å². The van der Waals surface area contributed by atoms with Crippen LogP contribution in [0, 0.1) is 6.92 Å². The van der Waals surface area contributed by atoms with Gasteiger partial charge in [-0.15, -0.1) is 11.8 Å². The molecule has 0 saturated carbocycles. The second-order valence-corrected chi connectivity index (χ2v) is 6.52. The van der Waals surface area contributed by atoms with Crippen molar-refractivity contribution in [1.82, 2.24) is 5.32 Å². The fourth-order valence-corrected chi connectivity index (χ4v) is 2.94. The van der Waals surface area contributed by atoms with Crippen molar-refractivity contribution in [3.05, 3.63) is 59.7 Å². The van der Waals surface area contributed by atoms with Gasteiger partial charge in [0.15, 0.2) is 0 Å². The van der Waals surface area contributed by atoms with E-state index >= 15 is 0 Å². The molecule has 0 heterocycles. The number of amides is 1. The molecule has 0 spiro atoms. The molecule has 2 aromatic rings. The number of hydrogen-bond donors (Lipinski definition) is 1. The van der Waals surface area contributed by atoms with Gasteiger partial charge in [0.1, 0.15) is 5.75 Å². The van der Waals surface area contributed by atoms with Gasteiger partial charge in [-0.2, -0.15) is 0 Å². The highest BCUT2D eigenvalue weighted by Gasteiger charge is 2.14. The summed E-state index contributed by atoms with van der Waals surface area (Å²) in [7, 11) is 1.64. The van der Waals surface area contributed by atoms with Crippen LogP contribution in [0.4, 0.5) is 0 Å². The first kappa shape index (κ1) is 16.4. The van der Waals surface area contributed by atoms with Gasteiger partial charge in [0.05, 0.1) is 12.4 Å². The largest absolute Gasteiger partial charge is 0.496 e. The highest BCUT2D eigenvalue weighted by molar-refractivity contribution is 8.00. The molecule has 0 fully saturated rings. The summed E-state index contributed by atoms with van der Waals surface area (Å²) in [5, 5.41) is 2.82. The van der Waals surface area contributed by atoms with Crippen LogP contribution in [0.2, 0.25) is 0 Å². The first-order valence-corrected chi connectivity index (χ1v) is 8.11. The molecule has 116 valence electrons. The van der Waals surface area contributed by atoms with E-state index in [0.29, 0.717) is 6.54 Å². The number of benzene rings is 2. The van der Waals surface area contributed by atoms with E-state index in [9.17, 15) is 4.79 Å². The van der Waals surface area contributed by atoms with Gasteiger partial charge >= 0.3 is 0 Å². The Morgan fingerprint density at radius 1 is 1.18 bits per heavy atom. The molecule has 0 saturated heterocycles. The van der Waals surface area contributed by atoms with Crippen molar-refractivity contribution < 1.29 is 9.53 Å². The third kappa shape index (κ3) is 4.53. The predicted octanol–water partition coefficient (Wildman–Crippen LogP) is 3.80. The van der Waals surface area contributed by atoms with Crippen LogP contribution in [0.25, 0.3) is 0 Å². The van der Waals surface area contributed by atoms with E-state index in [1.54, 1.807) is 18.9 Å². The van der Waals surface area contributed by atoms with Crippen molar-refractivity contribution >= 4 is 17.7 Å². The van der Waals surface area contributed by atoms with E-state index < -0.39 is 0 Å². The summed E-state index contributed by atoms with van der Waals surface area (Å²) in [6, 6.07) is 15.9. The Hall–Kier alpha value is -1.94. The molecule has 1 amide bonds. The Kier molecular flexibility index (Phi) is 5.90. The summed E-state index contributed by atoms with van der Waals surface area (Å²) in [4.78, 5) is 13.3. The Morgan fingerprint density at radius 2 is 1.86 bits per heavy atom. The van der Waals surface area contributed by atoms with Crippen LogP contribution in [0.1, 0.15) is 18.1 Å². The monoisotopic (exact) mass is 315 g/mol. The van der Waals surface area contributed by atoms with Crippen molar-refractivity contribution in [3.8, 4) is 5.75 Å². The molecule has 0 unspecified atom stereocenters. The lowest BCUT2D eigenvalue weighted by molar-refractivity contribution is -0.120. The third-order valence-corrected chi connectivity index (χ3v) is 4.46. The van der Waals surface area contributed by atoms with Crippen LogP contribution < -0.4 is 10.1 Å². The van der Waals surface area contributed by atoms with Gasteiger partial charge in [0, 0.05) is 17.0 Å². The number of para-hydroxylation sites is 1. The summed E-state index contributed by atoms with van der Waals surface area (Å²) in [5.41, 5.74) is 2.20. The first-order valence-electron chi connectivity index (χ1n) is 7.23. The molecule has 2 aromatic carbocycles. The summed E-state index contributed by atoms with van der Waals surface area (Å²) in [5.74, 6) is 0.818. The van der Waals surface area contributed by atoms with Gasteiger partial charge in [-0.3, -0.25) is 4.79 Å². The number of ether oxygens (including phenoxy) is 1. The molecular weight excluding hydrogens is 294 g/mol.